The minimum absolute atomic E-state index is 0.0155. The summed E-state index contributed by atoms with van der Waals surface area (Å²) in [5, 5.41) is 6.75. The number of ketones is 1. The Balaban J connectivity index is 1.19. The summed E-state index contributed by atoms with van der Waals surface area (Å²) in [7, 11) is 0. The minimum Gasteiger partial charge on any atom is -0.466 e. The number of carbonyl (C=O) groups excluding carboxylic acids is 2. The summed E-state index contributed by atoms with van der Waals surface area (Å²) in [6, 6.07) is 23.5. The van der Waals surface area contributed by atoms with Gasteiger partial charge >= 0.3 is 5.97 Å². The van der Waals surface area contributed by atoms with Crippen LogP contribution in [0.4, 0.5) is 5.69 Å². The SMILES string of the molecule is CCOC(=O)CC1CCc2ccc(C(=O)c3ccc(C=NN4CCN(c5ccccc5)CC4)cc3)cc2C1N. The van der Waals surface area contributed by atoms with Crippen LogP contribution in [-0.4, -0.2) is 55.8 Å². The first kappa shape index (κ1) is 26.6. The lowest BCUT2D eigenvalue weighted by Crippen LogP contribution is -2.44. The molecule has 0 spiro atoms. The fourth-order valence-electron chi connectivity index (χ4n) is 5.46. The number of rotatable bonds is 8. The van der Waals surface area contributed by atoms with E-state index < -0.39 is 0 Å². The number of piperazine rings is 1. The average Bonchev–Trinajstić information content (AvgIpc) is 2.98. The molecule has 1 fully saturated rings. The van der Waals surface area contributed by atoms with Crippen LogP contribution in [0.5, 0.6) is 0 Å². The van der Waals surface area contributed by atoms with E-state index in [1.807, 2.05) is 54.7 Å². The van der Waals surface area contributed by atoms with Gasteiger partial charge in [0.25, 0.3) is 0 Å². The number of hydrogen-bond acceptors (Lipinski definition) is 7. The zero-order valence-corrected chi connectivity index (χ0v) is 22.5. The van der Waals surface area contributed by atoms with Gasteiger partial charge in [-0.1, -0.05) is 54.6 Å². The third kappa shape index (κ3) is 6.37. The van der Waals surface area contributed by atoms with Crippen molar-refractivity contribution in [2.75, 3.05) is 37.7 Å². The molecule has 7 heteroatoms. The number of benzene rings is 3. The van der Waals surface area contributed by atoms with Crippen molar-refractivity contribution in [2.24, 2.45) is 16.8 Å². The molecule has 39 heavy (non-hydrogen) atoms. The number of para-hydroxylation sites is 1. The highest BCUT2D eigenvalue weighted by molar-refractivity contribution is 6.09. The highest BCUT2D eigenvalue weighted by Gasteiger charge is 2.29. The smallest absolute Gasteiger partial charge is 0.306 e. The quantitative estimate of drug-likeness (QED) is 0.264. The molecule has 2 aliphatic rings. The number of nitrogens with two attached hydrogens (primary N) is 1. The highest BCUT2D eigenvalue weighted by atomic mass is 16.5. The van der Waals surface area contributed by atoms with Crippen molar-refractivity contribution in [2.45, 2.75) is 32.2 Å². The van der Waals surface area contributed by atoms with E-state index in [2.05, 4.69) is 39.3 Å². The van der Waals surface area contributed by atoms with E-state index >= 15 is 0 Å². The first-order chi connectivity index (χ1) is 19.0. The highest BCUT2D eigenvalue weighted by Crippen LogP contribution is 2.35. The molecule has 3 aromatic rings. The van der Waals surface area contributed by atoms with Gasteiger partial charge in [0.05, 0.1) is 32.3 Å². The predicted octanol–water partition coefficient (Wildman–Crippen LogP) is 4.59. The molecule has 7 nitrogen and oxygen atoms in total. The predicted molar refractivity (Wildman–Crippen MR) is 154 cm³/mol. The summed E-state index contributed by atoms with van der Waals surface area (Å²) < 4.78 is 5.12. The van der Waals surface area contributed by atoms with Crippen LogP contribution >= 0.6 is 0 Å². The van der Waals surface area contributed by atoms with E-state index in [0.29, 0.717) is 24.2 Å². The van der Waals surface area contributed by atoms with Gasteiger partial charge < -0.3 is 15.4 Å². The van der Waals surface area contributed by atoms with E-state index in [1.165, 1.54) is 5.69 Å². The Kier molecular flexibility index (Phi) is 8.37. The van der Waals surface area contributed by atoms with Crippen LogP contribution in [0.2, 0.25) is 0 Å². The van der Waals surface area contributed by atoms with Gasteiger partial charge in [-0.15, -0.1) is 0 Å². The number of hydrogen-bond donors (Lipinski definition) is 1. The van der Waals surface area contributed by atoms with Crippen LogP contribution in [0.15, 0.2) is 77.9 Å². The Morgan fingerprint density at radius 2 is 1.69 bits per heavy atom. The molecule has 3 aromatic carbocycles. The Morgan fingerprint density at radius 1 is 0.974 bits per heavy atom. The maximum absolute atomic E-state index is 13.3. The molecule has 0 aromatic heterocycles. The number of nitrogens with zero attached hydrogens (tertiary/aromatic N) is 3. The number of fused-ring (bicyclic) bond motifs is 1. The van der Waals surface area contributed by atoms with Crippen LogP contribution in [0.25, 0.3) is 0 Å². The lowest BCUT2D eigenvalue weighted by Gasteiger charge is -2.34. The Hall–Kier alpha value is -3.97. The summed E-state index contributed by atoms with van der Waals surface area (Å²) in [6.45, 7) is 5.77. The fourth-order valence-corrected chi connectivity index (χ4v) is 5.46. The van der Waals surface area contributed by atoms with E-state index in [0.717, 1.165) is 55.7 Å². The number of hydrazone groups is 1. The van der Waals surface area contributed by atoms with Gasteiger partial charge in [-0.05, 0) is 60.6 Å². The van der Waals surface area contributed by atoms with E-state index in [-0.39, 0.29) is 23.7 Å². The molecule has 0 saturated carbocycles. The first-order valence-corrected chi connectivity index (χ1v) is 13.8. The maximum atomic E-state index is 13.3. The van der Waals surface area contributed by atoms with Gasteiger partial charge in [0, 0.05) is 35.9 Å². The van der Waals surface area contributed by atoms with Crippen LogP contribution in [0.1, 0.15) is 58.4 Å². The summed E-state index contributed by atoms with van der Waals surface area (Å²) in [6.07, 6.45) is 3.84. The molecule has 2 N–H and O–H groups in total. The molecule has 5 rings (SSSR count). The summed E-state index contributed by atoms with van der Waals surface area (Å²) in [5.74, 6) is -0.244. The maximum Gasteiger partial charge on any atom is 0.306 e. The van der Waals surface area contributed by atoms with Crippen LogP contribution < -0.4 is 10.6 Å². The van der Waals surface area contributed by atoms with Crippen molar-refractivity contribution in [1.82, 2.24) is 5.01 Å². The van der Waals surface area contributed by atoms with Crippen LogP contribution in [0.3, 0.4) is 0 Å². The second kappa shape index (κ2) is 12.3. The lowest BCUT2D eigenvalue weighted by molar-refractivity contribution is -0.144. The molecule has 2 atom stereocenters. The van der Waals surface area contributed by atoms with Crippen molar-refractivity contribution in [3.05, 3.63) is 101 Å². The molecular weight excluding hydrogens is 488 g/mol. The zero-order chi connectivity index (χ0) is 27.2. The van der Waals surface area contributed by atoms with Gasteiger partial charge in [-0.2, -0.15) is 5.10 Å². The summed E-state index contributed by atoms with van der Waals surface area (Å²) in [5.41, 5.74) is 12.1. The summed E-state index contributed by atoms with van der Waals surface area (Å²) >= 11 is 0. The van der Waals surface area contributed by atoms with Crippen molar-refractivity contribution in [3.63, 3.8) is 0 Å². The number of carbonyl (C=O) groups is 2. The molecule has 0 radical (unpaired) electrons. The lowest BCUT2D eigenvalue weighted by atomic mass is 9.77. The van der Waals surface area contributed by atoms with Gasteiger partial charge in [0.1, 0.15) is 0 Å². The molecule has 1 saturated heterocycles. The molecule has 1 heterocycles. The Bertz CT molecular complexity index is 1320. The van der Waals surface area contributed by atoms with Crippen molar-refractivity contribution in [1.29, 1.82) is 0 Å². The van der Waals surface area contributed by atoms with Gasteiger partial charge in [0.15, 0.2) is 5.78 Å². The average molecular weight is 525 g/mol. The van der Waals surface area contributed by atoms with E-state index in [4.69, 9.17) is 10.5 Å². The number of ether oxygens (including phenoxy) is 1. The number of aryl methyl sites for hydroxylation is 1. The van der Waals surface area contributed by atoms with Crippen LogP contribution in [0, 0.1) is 5.92 Å². The Morgan fingerprint density at radius 3 is 2.41 bits per heavy atom. The fraction of sp³-hybridized carbons (Fsp3) is 0.344. The monoisotopic (exact) mass is 524 g/mol. The minimum atomic E-state index is -0.293. The molecule has 0 amide bonds. The molecule has 1 aliphatic carbocycles. The third-order valence-corrected chi connectivity index (χ3v) is 7.71. The van der Waals surface area contributed by atoms with Gasteiger partial charge in [-0.25, -0.2) is 0 Å². The second-order valence-corrected chi connectivity index (χ2v) is 10.2. The van der Waals surface area contributed by atoms with Gasteiger partial charge in [-0.3, -0.25) is 14.6 Å². The molecular formula is C32H36N4O3. The van der Waals surface area contributed by atoms with Crippen LogP contribution in [-0.2, 0) is 16.0 Å². The van der Waals surface area contributed by atoms with Gasteiger partial charge in [0.2, 0.25) is 0 Å². The molecule has 1 aliphatic heterocycles. The van der Waals surface area contributed by atoms with Crippen molar-refractivity contribution >= 4 is 23.7 Å². The zero-order valence-electron chi connectivity index (χ0n) is 22.5. The number of esters is 1. The van der Waals surface area contributed by atoms with E-state index in [1.54, 1.807) is 6.92 Å². The standard InChI is InChI=1S/C32H36N4O3/c1-2-39-30(37)21-26-14-12-24-13-15-27(20-29(24)31(26)33)32(38)25-10-8-23(9-11-25)22-34-36-18-16-35(17-19-36)28-6-4-3-5-7-28/h3-11,13,15,20,22,26,31H,2,12,14,16-19,21,33H2,1H3. The largest absolute Gasteiger partial charge is 0.466 e. The Labute approximate surface area is 230 Å². The number of anilines is 1. The third-order valence-electron chi connectivity index (χ3n) is 7.71. The molecule has 2 unspecified atom stereocenters. The normalized spacial score (nSPS) is 19.1. The van der Waals surface area contributed by atoms with E-state index in [9.17, 15) is 9.59 Å². The molecule has 0 bridgehead atoms. The molecule has 202 valence electrons. The van der Waals surface area contributed by atoms with Crippen molar-refractivity contribution in [3.8, 4) is 0 Å². The second-order valence-electron chi connectivity index (χ2n) is 10.2. The summed E-state index contributed by atoms with van der Waals surface area (Å²) in [4.78, 5) is 27.7. The first-order valence-electron chi connectivity index (χ1n) is 13.8. The van der Waals surface area contributed by atoms with Crippen molar-refractivity contribution < 1.29 is 14.3 Å². The topological polar surface area (TPSA) is 88.2 Å².